The maximum atomic E-state index is 9.50. The number of aryl methyl sites for hydroxylation is 2. The zero-order valence-electron chi connectivity index (χ0n) is 12.3. The Kier molecular flexibility index (Phi) is 4.81. The summed E-state index contributed by atoms with van der Waals surface area (Å²) in [6.45, 7) is 6.22. The van der Waals surface area contributed by atoms with Crippen LogP contribution in [0.25, 0.3) is 0 Å². The average Bonchev–Trinajstić information content (AvgIpc) is 2.38. The minimum atomic E-state index is -0.00161. The van der Waals surface area contributed by atoms with Crippen LogP contribution in [-0.4, -0.2) is 16.2 Å². The van der Waals surface area contributed by atoms with Gasteiger partial charge in [-0.2, -0.15) is 0 Å². The molecule has 0 aromatic carbocycles. The average molecular weight is 263 g/mol. The maximum absolute atomic E-state index is 9.50. The van der Waals surface area contributed by atoms with Gasteiger partial charge in [0.1, 0.15) is 6.10 Å². The predicted molar refractivity (Wildman–Crippen MR) is 76.3 cm³/mol. The summed E-state index contributed by atoms with van der Waals surface area (Å²) in [5, 5.41) is 9.50. The van der Waals surface area contributed by atoms with Gasteiger partial charge in [-0.05, 0) is 50.7 Å². The van der Waals surface area contributed by atoms with E-state index in [-0.39, 0.29) is 12.7 Å². The second kappa shape index (κ2) is 6.38. The summed E-state index contributed by atoms with van der Waals surface area (Å²) in [6, 6.07) is 1.99. The Balaban J connectivity index is 2.14. The van der Waals surface area contributed by atoms with E-state index in [0.29, 0.717) is 5.88 Å². The second-order valence-electron chi connectivity index (χ2n) is 5.70. The second-order valence-corrected chi connectivity index (χ2v) is 5.70. The van der Waals surface area contributed by atoms with Gasteiger partial charge in [0.25, 0.3) is 0 Å². The molecule has 0 amide bonds. The van der Waals surface area contributed by atoms with Crippen LogP contribution in [0.2, 0.25) is 0 Å². The van der Waals surface area contributed by atoms with Gasteiger partial charge in [-0.1, -0.05) is 19.8 Å². The molecule has 1 fully saturated rings. The number of ether oxygens (including phenoxy) is 1. The highest BCUT2D eigenvalue weighted by Crippen LogP contribution is 2.31. The van der Waals surface area contributed by atoms with Gasteiger partial charge in [-0.25, -0.2) is 4.98 Å². The first kappa shape index (κ1) is 14.3. The summed E-state index contributed by atoms with van der Waals surface area (Å²) in [6.07, 6.45) is 6.28. The van der Waals surface area contributed by atoms with Crippen molar-refractivity contribution in [3.63, 3.8) is 0 Å². The van der Waals surface area contributed by atoms with Crippen LogP contribution >= 0.6 is 0 Å². The van der Waals surface area contributed by atoms with Gasteiger partial charge < -0.3 is 9.84 Å². The zero-order chi connectivity index (χ0) is 13.8. The molecule has 3 heteroatoms. The minimum absolute atomic E-state index is 0.00161. The van der Waals surface area contributed by atoms with Crippen molar-refractivity contribution in [1.82, 2.24) is 4.98 Å². The molecular weight excluding hydrogens is 238 g/mol. The van der Waals surface area contributed by atoms with Crippen molar-refractivity contribution in [2.75, 3.05) is 0 Å². The molecule has 3 nitrogen and oxygen atoms in total. The summed E-state index contributed by atoms with van der Waals surface area (Å²) in [7, 11) is 0. The topological polar surface area (TPSA) is 42.4 Å². The molecule has 2 atom stereocenters. The van der Waals surface area contributed by atoms with E-state index in [4.69, 9.17) is 4.74 Å². The third kappa shape index (κ3) is 3.47. The lowest BCUT2D eigenvalue weighted by atomic mass is 9.85. The van der Waals surface area contributed by atoms with E-state index < -0.39 is 0 Å². The Morgan fingerprint density at radius 3 is 2.84 bits per heavy atom. The van der Waals surface area contributed by atoms with E-state index in [1.807, 2.05) is 19.9 Å². The molecule has 2 rings (SSSR count). The Morgan fingerprint density at radius 2 is 2.16 bits per heavy atom. The van der Waals surface area contributed by atoms with E-state index in [1.165, 1.54) is 19.3 Å². The van der Waals surface area contributed by atoms with E-state index in [9.17, 15) is 5.11 Å². The van der Waals surface area contributed by atoms with Crippen molar-refractivity contribution >= 4 is 0 Å². The Bertz CT molecular complexity index is 431. The normalized spacial score (nSPS) is 23.4. The number of hydrogen-bond donors (Lipinski definition) is 1. The van der Waals surface area contributed by atoms with Crippen molar-refractivity contribution < 1.29 is 9.84 Å². The van der Waals surface area contributed by atoms with Crippen molar-refractivity contribution in [1.29, 1.82) is 0 Å². The lowest BCUT2D eigenvalue weighted by Crippen LogP contribution is -2.26. The molecule has 1 aromatic heterocycles. The largest absolute Gasteiger partial charge is 0.474 e. The maximum Gasteiger partial charge on any atom is 0.219 e. The van der Waals surface area contributed by atoms with Gasteiger partial charge in [-0.15, -0.1) is 0 Å². The molecule has 1 heterocycles. The molecule has 0 spiro atoms. The molecule has 0 radical (unpaired) electrons. The number of aliphatic hydroxyl groups excluding tert-OH is 1. The standard InChI is InChI=1S/C16H25NO2/c1-4-13-6-5-7-14(9-13)19-16-15(10-18)11(2)8-12(3)17-16/h8,13-14,18H,4-7,9-10H2,1-3H3. The molecule has 0 bridgehead atoms. The number of nitrogens with zero attached hydrogens (tertiary/aromatic N) is 1. The number of pyridine rings is 1. The van der Waals surface area contributed by atoms with Crippen molar-refractivity contribution in [3.05, 3.63) is 22.9 Å². The van der Waals surface area contributed by atoms with E-state index >= 15 is 0 Å². The molecule has 1 aliphatic carbocycles. The molecule has 2 unspecified atom stereocenters. The highest BCUT2D eigenvalue weighted by molar-refractivity contribution is 5.35. The molecule has 106 valence electrons. The van der Waals surface area contributed by atoms with Gasteiger partial charge in [0.05, 0.1) is 6.61 Å². The van der Waals surface area contributed by atoms with Gasteiger partial charge in [0.15, 0.2) is 0 Å². The van der Waals surface area contributed by atoms with Crippen LogP contribution in [0.3, 0.4) is 0 Å². The number of rotatable bonds is 4. The number of hydrogen-bond acceptors (Lipinski definition) is 3. The first-order chi connectivity index (χ1) is 9.13. The van der Waals surface area contributed by atoms with E-state index in [0.717, 1.165) is 35.6 Å². The van der Waals surface area contributed by atoms with Gasteiger partial charge in [0.2, 0.25) is 5.88 Å². The van der Waals surface area contributed by atoms with Crippen LogP contribution < -0.4 is 4.74 Å². The van der Waals surface area contributed by atoms with E-state index in [1.54, 1.807) is 0 Å². The molecule has 1 saturated carbocycles. The highest BCUT2D eigenvalue weighted by Gasteiger charge is 2.23. The summed E-state index contributed by atoms with van der Waals surface area (Å²) in [5.74, 6) is 1.42. The SMILES string of the molecule is CCC1CCCC(Oc2nc(C)cc(C)c2CO)C1. The Morgan fingerprint density at radius 1 is 1.37 bits per heavy atom. The molecule has 1 aromatic rings. The quantitative estimate of drug-likeness (QED) is 0.903. The summed E-state index contributed by atoms with van der Waals surface area (Å²) in [4.78, 5) is 4.47. The van der Waals surface area contributed by atoms with Crippen LogP contribution in [0, 0.1) is 19.8 Å². The molecule has 0 saturated heterocycles. The summed E-state index contributed by atoms with van der Waals surface area (Å²) in [5.41, 5.74) is 2.85. The lowest BCUT2D eigenvalue weighted by Gasteiger charge is -2.29. The summed E-state index contributed by atoms with van der Waals surface area (Å²) >= 11 is 0. The minimum Gasteiger partial charge on any atom is -0.474 e. The van der Waals surface area contributed by atoms with Crippen LogP contribution in [0.1, 0.15) is 55.8 Å². The highest BCUT2D eigenvalue weighted by atomic mass is 16.5. The van der Waals surface area contributed by atoms with Gasteiger partial charge in [0, 0.05) is 11.3 Å². The third-order valence-corrected chi connectivity index (χ3v) is 4.19. The van der Waals surface area contributed by atoms with Crippen LogP contribution in [-0.2, 0) is 6.61 Å². The Labute approximate surface area is 116 Å². The van der Waals surface area contributed by atoms with Crippen molar-refractivity contribution in [2.45, 2.75) is 65.6 Å². The number of aromatic nitrogens is 1. The van der Waals surface area contributed by atoms with Crippen LogP contribution in [0.4, 0.5) is 0 Å². The summed E-state index contributed by atoms with van der Waals surface area (Å²) < 4.78 is 6.10. The Hall–Kier alpha value is -1.09. The van der Waals surface area contributed by atoms with Crippen molar-refractivity contribution in [2.24, 2.45) is 5.92 Å². The molecule has 1 aliphatic rings. The zero-order valence-corrected chi connectivity index (χ0v) is 12.3. The predicted octanol–water partition coefficient (Wildman–Crippen LogP) is 3.54. The lowest BCUT2D eigenvalue weighted by molar-refractivity contribution is 0.113. The van der Waals surface area contributed by atoms with Gasteiger partial charge in [-0.3, -0.25) is 0 Å². The smallest absolute Gasteiger partial charge is 0.219 e. The molecular formula is C16H25NO2. The fraction of sp³-hybridized carbons (Fsp3) is 0.688. The van der Waals surface area contributed by atoms with Crippen LogP contribution in [0.5, 0.6) is 5.88 Å². The molecule has 1 N–H and O–H groups in total. The first-order valence-corrected chi connectivity index (χ1v) is 7.38. The molecule has 19 heavy (non-hydrogen) atoms. The van der Waals surface area contributed by atoms with E-state index in [2.05, 4.69) is 11.9 Å². The van der Waals surface area contributed by atoms with Crippen molar-refractivity contribution in [3.8, 4) is 5.88 Å². The van der Waals surface area contributed by atoms with Crippen LogP contribution in [0.15, 0.2) is 6.07 Å². The third-order valence-electron chi connectivity index (χ3n) is 4.19. The fourth-order valence-electron chi connectivity index (χ4n) is 3.00. The number of aliphatic hydroxyl groups is 1. The fourth-order valence-corrected chi connectivity index (χ4v) is 3.00. The molecule has 0 aliphatic heterocycles. The first-order valence-electron chi connectivity index (χ1n) is 7.38. The van der Waals surface area contributed by atoms with Gasteiger partial charge >= 0.3 is 0 Å². The monoisotopic (exact) mass is 263 g/mol.